The Hall–Kier alpha value is -3.91. The summed E-state index contributed by atoms with van der Waals surface area (Å²) >= 11 is 0. The standard InChI is InChI=1S/C27H27N5O3/c1-27(2)13-17-11-21(31-26(33)20-14-30-32-9-5-8-29-25(20)32)23(12-22(17)35-27)34-15-18-10-16-6-3-4-7-19(16)24(18)28/h3-9,11-12,14,18,24H,10,13,15,28H2,1-2H3,(H,31,33)/t18-,24-/m0/s1. The molecular weight excluding hydrogens is 442 g/mol. The smallest absolute Gasteiger partial charge is 0.261 e. The number of aromatic nitrogens is 3. The molecule has 0 spiro atoms. The first-order chi connectivity index (χ1) is 16.9. The van der Waals surface area contributed by atoms with Crippen LogP contribution in [0.3, 0.4) is 0 Å². The molecule has 2 aliphatic rings. The fourth-order valence-electron chi connectivity index (χ4n) is 5.09. The maximum atomic E-state index is 13.2. The monoisotopic (exact) mass is 469 g/mol. The van der Waals surface area contributed by atoms with Gasteiger partial charge in [-0.3, -0.25) is 4.79 Å². The summed E-state index contributed by atoms with van der Waals surface area (Å²) in [6.07, 6.45) is 6.52. The summed E-state index contributed by atoms with van der Waals surface area (Å²) in [6.45, 7) is 4.52. The number of anilines is 1. The van der Waals surface area contributed by atoms with E-state index in [1.807, 2.05) is 38.1 Å². The highest BCUT2D eigenvalue weighted by Crippen LogP contribution is 2.42. The van der Waals surface area contributed by atoms with Crippen molar-refractivity contribution in [3.05, 3.63) is 83.3 Å². The van der Waals surface area contributed by atoms with Gasteiger partial charge in [0.25, 0.3) is 5.91 Å². The SMILES string of the molecule is CC1(C)Cc2cc(NC(=O)c3cnn4cccnc34)c(OC[C@@H]3Cc4ccccc4[C@H]3N)cc2O1. The predicted molar refractivity (Wildman–Crippen MR) is 132 cm³/mol. The number of carbonyl (C=O) groups excluding carboxylic acids is 1. The van der Waals surface area contributed by atoms with E-state index in [2.05, 4.69) is 27.5 Å². The van der Waals surface area contributed by atoms with Crippen LogP contribution in [-0.4, -0.2) is 32.7 Å². The van der Waals surface area contributed by atoms with Crippen molar-refractivity contribution in [1.29, 1.82) is 0 Å². The van der Waals surface area contributed by atoms with Gasteiger partial charge < -0.3 is 20.5 Å². The third kappa shape index (κ3) is 3.89. The number of rotatable bonds is 5. The fraction of sp³-hybridized carbons (Fsp3) is 0.296. The normalized spacial score (nSPS) is 19.7. The number of nitrogens with zero attached hydrogens (tertiary/aromatic N) is 3. The van der Waals surface area contributed by atoms with E-state index in [-0.39, 0.29) is 23.5 Å². The van der Waals surface area contributed by atoms with Crippen LogP contribution in [0.15, 0.2) is 61.1 Å². The lowest BCUT2D eigenvalue weighted by molar-refractivity contribution is 0.102. The Morgan fingerprint density at radius 1 is 1.26 bits per heavy atom. The minimum atomic E-state index is -0.315. The van der Waals surface area contributed by atoms with E-state index in [4.69, 9.17) is 15.2 Å². The topological polar surface area (TPSA) is 104 Å². The second-order valence-electron chi connectivity index (χ2n) is 9.89. The summed E-state index contributed by atoms with van der Waals surface area (Å²) in [5.74, 6) is 1.18. The summed E-state index contributed by atoms with van der Waals surface area (Å²) in [5.41, 5.74) is 11.2. The van der Waals surface area contributed by atoms with Crippen LogP contribution in [0.2, 0.25) is 0 Å². The van der Waals surface area contributed by atoms with Crippen molar-refractivity contribution in [2.45, 2.75) is 38.3 Å². The van der Waals surface area contributed by atoms with Crippen LogP contribution in [0.25, 0.3) is 5.65 Å². The van der Waals surface area contributed by atoms with Crippen molar-refractivity contribution >= 4 is 17.2 Å². The zero-order valence-corrected chi connectivity index (χ0v) is 19.7. The highest BCUT2D eigenvalue weighted by molar-refractivity contribution is 6.08. The average Bonchev–Trinajstić information content (AvgIpc) is 3.49. The van der Waals surface area contributed by atoms with Crippen LogP contribution in [0.1, 0.15) is 46.9 Å². The quantitative estimate of drug-likeness (QED) is 0.459. The second-order valence-corrected chi connectivity index (χ2v) is 9.89. The molecule has 8 heteroatoms. The van der Waals surface area contributed by atoms with Crippen LogP contribution in [0.4, 0.5) is 5.69 Å². The first-order valence-corrected chi connectivity index (χ1v) is 11.8. The van der Waals surface area contributed by atoms with Gasteiger partial charge in [0.1, 0.15) is 22.7 Å². The van der Waals surface area contributed by atoms with Gasteiger partial charge in [-0.15, -0.1) is 0 Å². The number of carbonyl (C=O) groups is 1. The number of nitrogens with one attached hydrogen (secondary N) is 1. The van der Waals surface area contributed by atoms with Crippen LogP contribution >= 0.6 is 0 Å². The van der Waals surface area contributed by atoms with Gasteiger partial charge in [-0.1, -0.05) is 24.3 Å². The fourth-order valence-corrected chi connectivity index (χ4v) is 5.09. The molecule has 1 aliphatic carbocycles. The molecule has 1 amide bonds. The molecule has 1 aliphatic heterocycles. The van der Waals surface area contributed by atoms with E-state index >= 15 is 0 Å². The van der Waals surface area contributed by atoms with Gasteiger partial charge in [0.2, 0.25) is 0 Å². The molecule has 0 radical (unpaired) electrons. The minimum Gasteiger partial charge on any atom is -0.491 e. The average molecular weight is 470 g/mol. The number of hydrogen-bond donors (Lipinski definition) is 2. The summed E-state index contributed by atoms with van der Waals surface area (Å²) in [7, 11) is 0. The predicted octanol–water partition coefficient (Wildman–Crippen LogP) is 3.95. The molecule has 3 N–H and O–H groups in total. The molecular formula is C27H27N5O3. The Morgan fingerprint density at radius 3 is 2.97 bits per heavy atom. The van der Waals surface area contributed by atoms with E-state index in [0.717, 1.165) is 24.2 Å². The molecule has 0 bridgehead atoms. The molecule has 0 unspecified atom stereocenters. The van der Waals surface area contributed by atoms with Gasteiger partial charge in [0.05, 0.1) is 18.5 Å². The lowest BCUT2D eigenvalue weighted by atomic mass is 10.0. The molecule has 178 valence electrons. The minimum absolute atomic E-state index is 0.0845. The first kappa shape index (κ1) is 21.6. The molecule has 35 heavy (non-hydrogen) atoms. The van der Waals surface area contributed by atoms with Crippen LogP contribution in [-0.2, 0) is 12.8 Å². The number of ether oxygens (including phenoxy) is 2. The lowest BCUT2D eigenvalue weighted by Gasteiger charge is -2.20. The molecule has 6 rings (SSSR count). The van der Waals surface area contributed by atoms with Crippen molar-refractivity contribution in [3.63, 3.8) is 0 Å². The van der Waals surface area contributed by atoms with Crippen LogP contribution in [0, 0.1) is 5.92 Å². The van der Waals surface area contributed by atoms with E-state index in [1.54, 1.807) is 23.0 Å². The molecule has 0 fully saturated rings. The maximum absolute atomic E-state index is 13.2. The Bertz CT molecular complexity index is 1440. The van der Waals surface area contributed by atoms with Gasteiger partial charge in [-0.25, -0.2) is 9.50 Å². The highest BCUT2D eigenvalue weighted by atomic mass is 16.5. The molecule has 8 nitrogen and oxygen atoms in total. The molecule has 2 aromatic carbocycles. The molecule has 0 saturated carbocycles. The number of nitrogens with two attached hydrogens (primary N) is 1. The van der Waals surface area contributed by atoms with Crippen molar-refractivity contribution < 1.29 is 14.3 Å². The number of fused-ring (bicyclic) bond motifs is 3. The van der Waals surface area contributed by atoms with Crippen molar-refractivity contribution in [3.8, 4) is 11.5 Å². The Balaban J connectivity index is 1.28. The van der Waals surface area contributed by atoms with Gasteiger partial charge in [0, 0.05) is 42.4 Å². The Morgan fingerprint density at radius 2 is 2.11 bits per heavy atom. The summed E-state index contributed by atoms with van der Waals surface area (Å²) in [6, 6.07) is 13.8. The molecule has 0 saturated heterocycles. The third-order valence-corrected chi connectivity index (χ3v) is 6.79. The van der Waals surface area contributed by atoms with E-state index in [9.17, 15) is 4.79 Å². The Labute approximate surface area is 203 Å². The van der Waals surface area contributed by atoms with Gasteiger partial charge in [0.15, 0.2) is 5.65 Å². The van der Waals surface area contributed by atoms with Crippen molar-refractivity contribution in [2.24, 2.45) is 11.7 Å². The van der Waals surface area contributed by atoms with Gasteiger partial charge in [-0.2, -0.15) is 5.10 Å². The number of amides is 1. The second kappa shape index (κ2) is 8.09. The summed E-state index contributed by atoms with van der Waals surface area (Å²) in [5, 5.41) is 7.25. The number of benzene rings is 2. The summed E-state index contributed by atoms with van der Waals surface area (Å²) in [4.78, 5) is 17.5. The van der Waals surface area contributed by atoms with Crippen molar-refractivity contribution in [2.75, 3.05) is 11.9 Å². The summed E-state index contributed by atoms with van der Waals surface area (Å²) < 4.78 is 14.0. The lowest BCUT2D eigenvalue weighted by Crippen LogP contribution is -2.24. The largest absolute Gasteiger partial charge is 0.491 e. The highest BCUT2D eigenvalue weighted by Gasteiger charge is 2.33. The maximum Gasteiger partial charge on any atom is 0.261 e. The van der Waals surface area contributed by atoms with Gasteiger partial charge in [-0.05, 0) is 43.5 Å². The molecule has 2 atom stereocenters. The van der Waals surface area contributed by atoms with Crippen molar-refractivity contribution in [1.82, 2.24) is 14.6 Å². The third-order valence-electron chi connectivity index (χ3n) is 6.79. The molecule has 4 aromatic rings. The van der Waals surface area contributed by atoms with Crippen LogP contribution < -0.4 is 20.5 Å². The van der Waals surface area contributed by atoms with E-state index < -0.39 is 0 Å². The zero-order chi connectivity index (χ0) is 24.2. The van der Waals surface area contributed by atoms with Crippen LogP contribution in [0.5, 0.6) is 11.5 Å². The number of hydrogen-bond acceptors (Lipinski definition) is 6. The van der Waals surface area contributed by atoms with E-state index in [0.29, 0.717) is 29.3 Å². The first-order valence-electron chi connectivity index (χ1n) is 11.8. The molecule has 3 heterocycles. The van der Waals surface area contributed by atoms with Gasteiger partial charge >= 0.3 is 0 Å². The van der Waals surface area contributed by atoms with E-state index in [1.165, 1.54) is 17.3 Å². The Kier molecular flexibility index (Phi) is 5.00. The zero-order valence-electron chi connectivity index (χ0n) is 19.7. The molecule has 2 aromatic heterocycles.